The Bertz CT molecular complexity index is 581. The number of hydrogen-bond donors (Lipinski definition) is 1. The van der Waals surface area contributed by atoms with E-state index in [0.29, 0.717) is 12.6 Å². The molecule has 1 saturated carbocycles. The van der Waals surface area contributed by atoms with E-state index < -0.39 is 0 Å². The van der Waals surface area contributed by atoms with Gasteiger partial charge in [-0.2, -0.15) is 0 Å². The number of rotatable bonds is 5. The van der Waals surface area contributed by atoms with E-state index in [4.69, 9.17) is 0 Å². The van der Waals surface area contributed by atoms with Crippen LogP contribution in [0.2, 0.25) is 0 Å². The number of benzene rings is 1. The number of nitrogens with zero attached hydrogens (tertiary/aromatic N) is 4. The zero-order valence-electron chi connectivity index (χ0n) is 10.5. The van der Waals surface area contributed by atoms with Gasteiger partial charge < -0.3 is 5.32 Å². The first-order valence-corrected chi connectivity index (χ1v) is 6.98. The molecule has 0 radical (unpaired) electrons. The molecule has 100 valence electrons. The highest BCUT2D eigenvalue weighted by Crippen LogP contribution is 2.38. The molecule has 2 aromatic rings. The van der Waals surface area contributed by atoms with Gasteiger partial charge in [0.1, 0.15) is 5.82 Å². The molecule has 1 aromatic heterocycles. The van der Waals surface area contributed by atoms with Crippen LogP contribution in [0, 0.1) is 5.82 Å². The molecular formula is C12H14FN5S. The second-order valence-corrected chi connectivity index (χ2v) is 5.53. The Balaban J connectivity index is 1.87. The standard InChI is InChI=1S/C12H14FN5S/c1-14-7-8-6-9(13)2-5-11(8)19-12-15-16-17-18(12)10-3-4-10/h2,5-6,10,14H,3-4,7H2,1H3. The van der Waals surface area contributed by atoms with Crippen molar-refractivity contribution >= 4 is 11.8 Å². The lowest BCUT2D eigenvalue weighted by molar-refractivity contribution is 0.565. The number of nitrogens with one attached hydrogen (secondary N) is 1. The van der Waals surface area contributed by atoms with E-state index >= 15 is 0 Å². The fourth-order valence-corrected chi connectivity index (χ4v) is 2.83. The lowest BCUT2D eigenvalue weighted by atomic mass is 10.2. The maximum Gasteiger partial charge on any atom is 0.214 e. The zero-order valence-corrected chi connectivity index (χ0v) is 11.3. The average Bonchev–Trinajstić information content (AvgIpc) is 3.14. The highest BCUT2D eigenvalue weighted by atomic mass is 32.2. The summed E-state index contributed by atoms with van der Waals surface area (Å²) in [4.78, 5) is 0.979. The molecule has 1 heterocycles. The van der Waals surface area contributed by atoms with Gasteiger partial charge in [0.05, 0.1) is 6.04 Å². The molecule has 0 amide bonds. The van der Waals surface area contributed by atoms with Crippen molar-refractivity contribution in [3.8, 4) is 0 Å². The molecule has 19 heavy (non-hydrogen) atoms. The summed E-state index contributed by atoms with van der Waals surface area (Å²) in [5, 5.41) is 15.6. The normalized spacial score (nSPS) is 14.8. The Morgan fingerprint density at radius 3 is 3.05 bits per heavy atom. The molecule has 0 aliphatic heterocycles. The molecule has 0 atom stereocenters. The minimum absolute atomic E-state index is 0.226. The molecule has 1 N–H and O–H groups in total. The molecule has 0 saturated heterocycles. The predicted molar refractivity (Wildman–Crippen MR) is 69.4 cm³/mol. The van der Waals surface area contributed by atoms with Gasteiger partial charge in [-0.05, 0) is 65.8 Å². The molecule has 1 aliphatic carbocycles. The van der Waals surface area contributed by atoms with Crippen LogP contribution in [0.15, 0.2) is 28.3 Å². The predicted octanol–water partition coefficient (Wildman–Crippen LogP) is 2.02. The SMILES string of the molecule is CNCc1cc(F)ccc1Sc1nnnn1C1CC1. The van der Waals surface area contributed by atoms with Crippen LogP contribution in [0.5, 0.6) is 0 Å². The van der Waals surface area contributed by atoms with Crippen LogP contribution in [0.3, 0.4) is 0 Å². The minimum atomic E-state index is -0.226. The molecule has 1 fully saturated rings. The van der Waals surface area contributed by atoms with Crippen molar-refractivity contribution in [3.63, 3.8) is 0 Å². The van der Waals surface area contributed by atoms with Gasteiger partial charge in [-0.3, -0.25) is 0 Å². The fraction of sp³-hybridized carbons (Fsp3) is 0.417. The third kappa shape index (κ3) is 2.76. The van der Waals surface area contributed by atoms with Crippen molar-refractivity contribution in [3.05, 3.63) is 29.6 Å². The van der Waals surface area contributed by atoms with Gasteiger partial charge >= 0.3 is 0 Å². The van der Waals surface area contributed by atoms with E-state index in [1.54, 1.807) is 12.1 Å². The second kappa shape index (κ2) is 5.26. The van der Waals surface area contributed by atoms with Crippen LogP contribution in [-0.4, -0.2) is 27.3 Å². The van der Waals surface area contributed by atoms with E-state index in [1.807, 2.05) is 11.7 Å². The summed E-state index contributed by atoms with van der Waals surface area (Å²) in [5.41, 5.74) is 0.915. The van der Waals surface area contributed by atoms with Crippen molar-refractivity contribution in [2.75, 3.05) is 7.05 Å². The molecule has 1 aromatic carbocycles. The van der Waals surface area contributed by atoms with Crippen LogP contribution in [0.4, 0.5) is 4.39 Å². The van der Waals surface area contributed by atoms with Crippen molar-refractivity contribution in [2.45, 2.75) is 35.5 Å². The van der Waals surface area contributed by atoms with Gasteiger partial charge in [-0.1, -0.05) is 0 Å². The summed E-state index contributed by atoms with van der Waals surface area (Å²) >= 11 is 1.48. The summed E-state index contributed by atoms with van der Waals surface area (Å²) in [5.74, 6) is -0.226. The second-order valence-electron chi connectivity index (χ2n) is 4.52. The summed E-state index contributed by atoms with van der Waals surface area (Å²) in [6.45, 7) is 0.616. The summed E-state index contributed by atoms with van der Waals surface area (Å²) in [6.07, 6.45) is 2.26. The van der Waals surface area contributed by atoms with E-state index in [2.05, 4.69) is 20.8 Å². The lowest BCUT2D eigenvalue weighted by Gasteiger charge is -2.08. The first-order chi connectivity index (χ1) is 9.28. The largest absolute Gasteiger partial charge is 0.316 e. The number of hydrogen-bond acceptors (Lipinski definition) is 5. The number of aromatic nitrogens is 4. The van der Waals surface area contributed by atoms with Gasteiger partial charge in [0, 0.05) is 11.4 Å². The summed E-state index contributed by atoms with van der Waals surface area (Å²) < 4.78 is 15.1. The molecular weight excluding hydrogens is 265 g/mol. The Morgan fingerprint density at radius 2 is 2.32 bits per heavy atom. The fourth-order valence-electron chi connectivity index (χ4n) is 1.88. The van der Waals surface area contributed by atoms with Gasteiger partial charge in [0.2, 0.25) is 5.16 Å². The van der Waals surface area contributed by atoms with Crippen LogP contribution >= 0.6 is 11.8 Å². The summed E-state index contributed by atoms with van der Waals surface area (Å²) in [7, 11) is 1.84. The average molecular weight is 279 g/mol. The Hall–Kier alpha value is -1.47. The van der Waals surface area contributed by atoms with E-state index in [9.17, 15) is 4.39 Å². The monoisotopic (exact) mass is 279 g/mol. The van der Waals surface area contributed by atoms with E-state index in [0.717, 1.165) is 28.5 Å². The molecule has 0 bridgehead atoms. The van der Waals surface area contributed by atoms with Crippen molar-refractivity contribution in [1.82, 2.24) is 25.5 Å². The zero-order chi connectivity index (χ0) is 13.2. The van der Waals surface area contributed by atoms with Gasteiger partial charge in [0.25, 0.3) is 0 Å². The molecule has 7 heteroatoms. The third-order valence-corrected chi connectivity index (χ3v) is 4.02. The van der Waals surface area contributed by atoms with Crippen molar-refractivity contribution in [1.29, 1.82) is 0 Å². The molecule has 1 aliphatic rings. The summed E-state index contributed by atoms with van der Waals surface area (Å²) in [6, 6.07) is 5.22. The first-order valence-electron chi connectivity index (χ1n) is 6.16. The molecule has 0 unspecified atom stereocenters. The smallest absolute Gasteiger partial charge is 0.214 e. The highest BCUT2D eigenvalue weighted by Gasteiger charge is 2.28. The Labute approximate surface area is 114 Å². The highest BCUT2D eigenvalue weighted by molar-refractivity contribution is 7.99. The maximum absolute atomic E-state index is 13.3. The van der Waals surface area contributed by atoms with Crippen molar-refractivity contribution < 1.29 is 4.39 Å². The van der Waals surface area contributed by atoms with Crippen molar-refractivity contribution in [2.24, 2.45) is 0 Å². The van der Waals surface area contributed by atoms with E-state index in [1.165, 1.54) is 17.8 Å². The third-order valence-electron chi connectivity index (χ3n) is 2.95. The van der Waals surface area contributed by atoms with Crippen LogP contribution in [0.25, 0.3) is 0 Å². The Kier molecular flexibility index (Phi) is 3.48. The Morgan fingerprint density at radius 1 is 1.47 bits per heavy atom. The molecule has 5 nitrogen and oxygen atoms in total. The van der Waals surface area contributed by atoms with Gasteiger partial charge in [-0.15, -0.1) is 5.10 Å². The first kappa shape index (κ1) is 12.6. The maximum atomic E-state index is 13.3. The van der Waals surface area contributed by atoms with Crippen LogP contribution in [0.1, 0.15) is 24.4 Å². The number of tetrazole rings is 1. The topological polar surface area (TPSA) is 55.6 Å². The number of halogens is 1. The minimum Gasteiger partial charge on any atom is -0.316 e. The molecule has 0 spiro atoms. The molecule has 3 rings (SSSR count). The van der Waals surface area contributed by atoms with E-state index in [-0.39, 0.29) is 5.82 Å². The van der Waals surface area contributed by atoms with Gasteiger partial charge in [0.15, 0.2) is 0 Å². The lowest BCUT2D eigenvalue weighted by Crippen LogP contribution is -2.07. The quantitative estimate of drug-likeness (QED) is 0.907. The van der Waals surface area contributed by atoms with Crippen LogP contribution in [-0.2, 0) is 6.54 Å². The van der Waals surface area contributed by atoms with Gasteiger partial charge in [-0.25, -0.2) is 9.07 Å². The van der Waals surface area contributed by atoms with Crippen LogP contribution < -0.4 is 5.32 Å².